The molecule has 2 rings (SSSR count). The molecule has 1 amide bonds. The molecule has 0 spiro atoms. The van der Waals surface area contributed by atoms with Gasteiger partial charge in [0.15, 0.2) is 0 Å². The summed E-state index contributed by atoms with van der Waals surface area (Å²) in [5.41, 5.74) is 2.51. The van der Waals surface area contributed by atoms with E-state index in [1.54, 1.807) is 30.0 Å². The van der Waals surface area contributed by atoms with Crippen LogP contribution in [0.15, 0.2) is 53.4 Å². The Morgan fingerprint density at radius 3 is 2.46 bits per heavy atom. The molecule has 0 unspecified atom stereocenters. The van der Waals surface area contributed by atoms with Crippen LogP contribution in [0.5, 0.6) is 0 Å². The Morgan fingerprint density at radius 2 is 1.88 bits per heavy atom. The maximum atomic E-state index is 12.4. The summed E-state index contributed by atoms with van der Waals surface area (Å²) in [6.45, 7) is 1.84. The number of sulfonamides is 1. The number of carbonyl (C=O) groups excluding carboxylic acids is 1. The normalized spacial score (nSPS) is 12.6. The first-order valence-corrected chi connectivity index (χ1v) is 10.3. The van der Waals surface area contributed by atoms with E-state index in [1.807, 2.05) is 31.4 Å². The van der Waals surface area contributed by atoms with Gasteiger partial charge in [-0.25, -0.2) is 13.6 Å². The largest absolute Gasteiger partial charge is 0.346 e. The fourth-order valence-electron chi connectivity index (χ4n) is 2.28. The van der Waals surface area contributed by atoms with Crippen molar-refractivity contribution in [3.63, 3.8) is 0 Å². The molecule has 2 aromatic rings. The van der Waals surface area contributed by atoms with Crippen molar-refractivity contribution in [2.45, 2.75) is 23.6 Å². The summed E-state index contributed by atoms with van der Waals surface area (Å²) in [6.07, 6.45) is 2.01. The van der Waals surface area contributed by atoms with Crippen LogP contribution < -0.4 is 10.5 Å². The maximum Gasteiger partial charge on any atom is 0.251 e. The smallest absolute Gasteiger partial charge is 0.251 e. The lowest BCUT2D eigenvalue weighted by Crippen LogP contribution is -2.26. The summed E-state index contributed by atoms with van der Waals surface area (Å²) in [5.74, 6) is 0.687. The molecule has 7 heteroatoms. The Kier molecular flexibility index (Phi) is 6.04. The van der Waals surface area contributed by atoms with Crippen LogP contribution in [-0.4, -0.2) is 20.6 Å². The van der Waals surface area contributed by atoms with Crippen molar-refractivity contribution in [2.75, 3.05) is 6.26 Å². The van der Waals surface area contributed by atoms with Crippen LogP contribution in [0.3, 0.4) is 0 Å². The van der Waals surface area contributed by atoms with E-state index < -0.39 is 10.0 Å². The van der Waals surface area contributed by atoms with Gasteiger partial charge >= 0.3 is 0 Å². The first-order valence-electron chi connectivity index (χ1n) is 7.33. The van der Waals surface area contributed by atoms with Crippen LogP contribution in [0.2, 0.25) is 0 Å². The highest BCUT2D eigenvalue weighted by Gasteiger charge is 2.13. The molecule has 0 saturated carbocycles. The summed E-state index contributed by atoms with van der Waals surface area (Å²) in [5, 5.41) is 7.99. The van der Waals surface area contributed by atoms with E-state index in [0.29, 0.717) is 5.56 Å². The molecule has 0 fully saturated rings. The number of benzene rings is 2. The van der Waals surface area contributed by atoms with Gasteiger partial charge in [-0.05, 0) is 48.6 Å². The quantitative estimate of drug-likeness (QED) is 0.825. The van der Waals surface area contributed by atoms with E-state index in [0.717, 1.165) is 16.9 Å². The Balaban J connectivity index is 2.10. The monoisotopic (exact) mass is 364 g/mol. The number of thioether (sulfide) groups is 1. The second-order valence-corrected chi connectivity index (χ2v) is 7.87. The Bertz CT molecular complexity index is 818. The minimum absolute atomic E-state index is 0.0505. The molecule has 0 bridgehead atoms. The van der Waals surface area contributed by atoms with E-state index in [-0.39, 0.29) is 16.8 Å². The number of nitrogens with one attached hydrogen (secondary N) is 1. The van der Waals surface area contributed by atoms with E-state index in [4.69, 9.17) is 5.14 Å². The van der Waals surface area contributed by atoms with Gasteiger partial charge in [0.05, 0.1) is 10.9 Å². The molecular weight excluding hydrogens is 344 g/mol. The average molecular weight is 364 g/mol. The predicted octanol–water partition coefficient (Wildman–Crippen LogP) is 2.69. The fourth-order valence-corrected chi connectivity index (χ4v) is 3.31. The molecule has 128 valence electrons. The highest BCUT2D eigenvalue weighted by atomic mass is 32.2. The number of hydrogen-bond donors (Lipinski definition) is 2. The summed E-state index contributed by atoms with van der Waals surface area (Å²) in [6, 6.07) is 13.4. The van der Waals surface area contributed by atoms with Crippen LogP contribution in [0.4, 0.5) is 0 Å². The minimum atomic E-state index is -3.71. The van der Waals surface area contributed by atoms with Crippen LogP contribution >= 0.6 is 11.8 Å². The van der Waals surface area contributed by atoms with E-state index in [1.165, 1.54) is 12.1 Å². The van der Waals surface area contributed by atoms with Gasteiger partial charge in [0, 0.05) is 11.3 Å². The standard InChI is InChI=1S/C17H20N2O3S2/c1-12(14-6-8-16(9-7-14)24(18,21)22)19-17(20)15-5-3-4-13(10-15)11-23-2/h3-10,12H,11H2,1-2H3,(H,19,20)(H2,18,21,22)/t12-/m0/s1. The zero-order chi connectivity index (χ0) is 17.7. The third kappa shape index (κ3) is 4.83. The average Bonchev–Trinajstić information content (AvgIpc) is 2.54. The lowest BCUT2D eigenvalue weighted by Gasteiger charge is -2.15. The number of carbonyl (C=O) groups is 1. The molecule has 0 radical (unpaired) electrons. The predicted molar refractivity (Wildman–Crippen MR) is 97.4 cm³/mol. The molecular formula is C17H20N2O3S2. The van der Waals surface area contributed by atoms with Gasteiger partial charge in [-0.1, -0.05) is 24.3 Å². The Morgan fingerprint density at radius 1 is 1.21 bits per heavy atom. The van der Waals surface area contributed by atoms with E-state index in [9.17, 15) is 13.2 Å². The Hall–Kier alpha value is -1.83. The maximum absolute atomic E-state index is 12.4. The van der Waals surface area contributed by atoms with Crippen molar-refractivity contribution < 1.29 is 13.2 Å². The second-order valence-electron chi connectivity index (χ2n) is 5.44. The number of rotatable bonds is 6. The van der Waals surface area contributed by atoms with Gasteiger partial charge in [0.25, 0.3) is 5.91 Å². The molecule has 2 aromatic carbocycles. The Labute approximate surface area is 146 Å². The van der Waals surface area contributed by atoms with Crippen LogP contribution in [0.25, 0.3) is 0 Å². The number of amides is 1. The van der Waals surface area contributed by atoms with Crippen molar-refractivity contribution in [3.8, 4) is 0 Å². The fraction of sp³-hybridized carbons (Fsp3) is 0.235. The molecule has 0 heterocycles. The zero-order valence-corrected chi connectivity index (χ0v) is 15.2. The SMILES string of the molecule is CSCc1cccc(C(=O)N[C@@H](C)c2ccc(S(N)(=O)=O)cc2)c1. The number of hydrogen-bond acceptors (Lipinski definition) is 4. The van der Waals surface area contributed by atoms with Crippen LogP contribution in [0.1, 0.15) is 34.5 Å². The number of nitrogens with two attached hydrogens (primary N) is 1. The molecule has 1 atom stereocenters. The van der Waals surface area contributed by atoms with Gasteiger partial charge in [-0.15, -0.1) is 0 Å². The third-order valence-electron chi connectivity index (χ3n) is 3.56. The lowest BCUT2D eigenvalue weighted by molar-refractivity contribution is 0.0939. The molecule has 0 aliphatic heterocycles. The van der Waals surface area contributed by atoms with Gasteiger partial charge in [0.2, 0.25) is 10.0 Å². The first kappa shape index (κ1) is 18.5. The second kappa shape index (κ2) is 7.83. The molecule has 0 aromatic heterocycles. The third-order valence-corrected chi connectivity index (χ3v) is 5.11. The first-order chi connectivity index (χ1) is 11.3. The summed E-state index contributed by atoms with van der Waals surface area (Å²) < 4.78 is 22.5. The minimum Gasteiger partial charge on any atom is -0.346 e. The zero-order valence-electron chi connectivity index (χ0n) is 13.5. The van der Waals surface area contributed by atoms with E-state index >= 15 is 0 Å². The van der Waals surface area contributed by atoms with Crippen molar-refractivity contribution in [3.05, 3.63) is 65.2 Å². The van der Waals surface area contributed by atoms with Crippen LogP contribution in [-0.2, 0) is 15.8 Å². The number of primary sulfonamides is 1. The molecule has 5 nitrogen and oxygen atoms in total. The lowest BCUT2D eigenvalue weighted by atomic mass is 10.1. The summed E-state index contributed by atoms with van der Waals surface area (Å²) >= 11 is 1.70. The van der Waals surface area contributed by atoms with Gasteiger partial charge in [0.1, 0.15) is 0 Å². The van der Waals surface area contributed by atoms with Crippen molar-refractivity contribution in [1.29, 1.82) is 0 Å². The topological polar surface area (TPSA) is 89.3 Å². The van der Waals surface area contributed by atoms with Gasteiger partial charge in [-0.2, -0.15) is 11.8 Å². The molecule has 24 heavy (non-hydrogen) atoms. The molecule has 0 aliphatic rings. The van der Waals surface area contributed by atoms with Gasteiger partial charge < -0.3 is 5.32 Å². The van der Waals surface area contributed by atoms with E-state index in [2.05, 4.69) is 5.32 Å². The highest BCUT2D eigenvalue weighted by molar-refractivity contribution is 7.97. The van der Waals surface area contributed by atoms with Gasteiger partial charge in [-0.3, -0.25) is 4.79 Å². The van der Waals surface area contributed by atoms with Crippen molar-refractivity contribution in [1.82, 2.24) is 5.32 Å². The van der Waals surface area contributed by atoms with Crippen molar-refractivity contribution in [2.24, 2.45) is 5.14 Å². The van der Waals surface area contributed by atoms with Crippen LogP contribution in [0, 0.1) is 0 Å². The molecule has 0 saturated heterocycles. The molecule has 3 N–H and O–H groups in total. The summed E-state index contributed by atoms with van der Waals surface area (Å²) in [4.78, 5) is 12.4. The molecule has 0 aliphatic carbocycles. The highest BCUT2D eigenvalue weighted by Crippen LogP contribution is 2.17. The van der Waals surface area contributed by atoms with Crippen molar-refractivity contribution >= 4 is 27.7 Å². The summed E-state index contributed by atoms with van der Waals surface area (Å²) in [7, 11) is -3.71.